The van der Waals surface area contributed by atoms with Gasteiger partial charge in [-0.05, 0) is 73.2 Å². The summed E-state index contributed by atoms with van der Waals surface area (Å²) in [5, 5.41) is 4.96. The lowest BCUT2D eigenvalue weighted by molar-refractivity contribution is -0.149. The highest BCUT2D eigenvalue weighted by atomic mass is 16.5. The van der Waals surface area contributed by atoms with E-state index in [0.717, 1.165) is 22.0 Å². The predicted octanol–water partition coefficient (Wildman–Crippen LogP) is 3.19. The molecule has 6 amide bonds. The largest absolute Gasteiger partial charge is 0.462 e. The molecule has 0 aliphatic carbocycles. The summed E-state index contributed by atoms with van der Waals surface area (Å²) < 4.78 is 16.6. The number of imide groups is 2. The van der Waals surface area contributed by atoms with Crippen LogP contribution in [0.4, 0.5) is 0 Å². The van der Waals surface area contributed by atoms with Crippen molar-refractivity contribution in [3.05, 3.63) is 84.0 Å². The average molecular weight is 731 g/mol. The second kappa shape index (κ2) is 17.4. The Balaban J connectivity index is 1.50. The van der Waals surface area contributed by atoms with Crippen LogP contribution in [0.5, 0.6) is 11.5 Å². The van der Waals surface area contributed by atoms with Crippen LogP contribution in [0.25, 0.3) is 0 Å². The van der Waals surface area contributed by atoms with Gasteiger partial charge in [-0.3, -0.25) is 38.6 Å². The van der Waals surface area contributed by atoms with Gasteiger partial charge in [-0.15, -0.1) is 0 Å². The first-order chi connectivity index (χ1) is 25.2. The van der Waals surface area contributed by atoms with E-state index in [9.17, 15) is 38.4 Å². The molecule has 0 aromatic heterocycles. The molecule has 2 heterocycles. The highest BCUT2D eigenvalue weighted by Crippen LogP contribution is 2.35. The second-order valence-corrected chi connectivity index (χ2v) is 13.1. The van der Waals surface area contributed by atoms with E-state index < -0.39 is 59.5 Å². The lowest BCUT2D eigenvalue weighted by atomic mass is 10.0. The third-order valence-electron chi connectivity index (χ3n) is 8.23. The Hall–Kier alpha value is -6.12. The molecule has 2 unspecified atom stereocenters. The monoisotopic (exact) mass is 730 g/mol. The maximum absolute atomic E-state index is 13.6. The van der Waals surface area contributed by atoms with Gasteiger partial charge < -0.3 is 24.8 Å². The van der Waals surface area contributed by atoms with E-state index in [1.54, 1.807) is 0 Å². The number of amides is 6. The quantitative estimate of drug-likeness (QED) is 0.0990. The molecular weight excluding hydrogens is 688 g/mol. The van der Waals surface area contributed by atoms with Crippen LogP contribution in [-0.2, 0) is 28.7 Å². The molecule has 15 heteroatoms. The van der Waals surface area contributed by atoms with Gasteiger partial charge in [0.1, 0.15) is 36.8 Å². The number of hydrogen-bond donors (Lipinski definition) is 2. The van der Waals surface area contributed by atoms with Crippen molar-refractivity contribution >= 4 is 47.4 Å². The number of nitrogens with zero attached hydrogens (tertiary/aromatic N) is 2. The van der Waals surface area contributed by atoms with Crippen LogP contribution < -0.4 is 15.4 Å². The fourth-order valence-corrected chi connectivity index (χ4v) is 5.80. The van der Waals surface area contributed by atoms with Crippen molar-refractivity contribution in [1.29, 1.82) is 0 Å². The Bertz CT molecular complexity index is 1720. The topological polar surface area (TPSA) is 195 Å². The molecule has 0 saturated carbocycles. The minimum absolute atomic E-state index is 0.00927. The summed E-state index contributed by atoms with van der Waals surface area (Å²) in [4.78, 5) is 105. The third kappa shape index (κ3) is 9.22. The summed E-state index contributed by atoms with van der Waals surface area (Å²) in [7, 11) is 0. The molecule has 53 heavy (non-hydrogen) atoms. The van der Waals surface area contributed by atoms with Crippen molar-refractivity contribution in [2.75, 3.05) is 26.3 Å². The van der Waals surface area contributed by atoms with Gasteiger partial charge in [-0.25, -0.2) is 9.59 Å². The number of nitrogens with one attached hydrogen (secondary N) is 2. The Morgan fingerprint density at radius 1 is 0.623 bits per heavy atom. The van der Waals surface area contributed by atoms with Crippen molar-refractivity contribution in [3.63, 3.8) is 0 Å². The highest BCUT2D eigenvalue weighted by Gasteiger charge is 2.45. The summed E-state index contributed by atoms with van der Waals surface area (Å²) in [5.74, 6) is -5.24. The molecule has 0 radical (unpaired) electrons. The predicted molar refractivity (Wildman–Crippen MR) is 189 cm³/mol. The minimum Gasteiger partial charge on any atom is -0.462 e. The van der Waals surface area contributed by atoms with Gasteiger partial charge in [0.15, 0.2) is 0 Å². The Morgan fingerprint density at radius 2 is 0.981 bits per heavy atom. The van der Waals surface area contributed by atoms with Gasteiger partial charge in [0, 0.05) is 0 Å². The summed E-state index contributed by atoms with van der Waals surface area (Å²) >= 11 is 0. The molecule has 280 valence electrons. The van der Waals surface area contributed by atoms with Gasteiger partial charge >= 0.3 is 11.9 Å². The van der Waals surface area contributed by atoms with Crippen LogP contribution in [0.3, 0.4) is 0 Å². The lowest BCUT2D eigenvalue weighted by Gasteiger charge is -2.26. The van der Waals surface area contributed by atoms with Crippen molar-refractivity contribution in [2.45, 2.75) is 52.6 Å². The smallest absolute Gasteiger partial charge is 0.329 e. The standard InChI is InChI=1S/C38H42N4O11/c1-7-31(43)39-13-15-51-37(49)29(17-21(3)4)41-33(45)25-11-9-23(19-27(25)35(41)47)53-24-10-12-26-28(20-24)36(48)42(34(26)46)30(18-22(5)6)38(50)52-16-14-40-32(44)8-2/h7-12,19-22,29-30H,1-2,13-18H2,3-6H3,(H,39,43)(H,40,44). The number of hydrogen-bond acceptors (Lipinski definition) is 11. The van der Waals surface area contributed by atoms with Crippen molar-refractivity contribution in [2.24, 2.45) is 11.8 Å². The van der Waals surface area contributed by atoms with Gasteiger partial charge in [0.05, 0.1) is 35.3 Å². The van der Waals surface area contributed by atoms with E-state index in [2.05, 4.69) is 23.8 Å². The van der Waals surface area contributed by atoms with Crippen molar-refractivity contribution in [1.82, 2.24) is 20.4 Å². The zero-order valence-corrected chi connectivity index (χ0v) is 30.0. The SMILES string of the molecule is C=CC(=O)NCCOC(=O)C(CC(C)C)N1C(=O)c2ccc(Oc3ccc4c(c3)C(=O)N(C(CC(C)C)C(=O)OCCNC(=O)C=C)C4=O)cc2C1=O. The van der Waals surface area contributed by atoms with Gasteiger partial charge in [0.25, 0.3) is 23.6 Å². The number of ether oxygens (including phenoxy) is 3. The first kappa shape index (κ1) is 39.7. The highest BCUT2D eigenvalue weighted by molar-refractivity contribution is 6.23. The first-order valence-electron chi connectivity index (χ1n) is 17.0. The number of fused-ring (bicyclic) bond motifs is 2. The van der Waals surface area contributed by atoms with Gasteiger partial charge in [-0.2, -0.15) is 0 Å². The molecule has 2 aromatic rings. The zero-order chi connectivity index (χ0) is 39.0. The minimum atomic E-state index is -1.22. The summed E-state index contributed by atoms with van der Waals surface area (Å²) in [6.07, 6.45) is 2.41. The third-order valence-corrected chi connectivity index (χ3v) is 8.23. The fourth-order valence-electron chi connectivity index (χ4n) is 5.80. The molecule has 4 rings (SSSR count). The molecule has 0 fully saturated rings. The molecule has 2 aromatic carbocycles. The van der Waals surface area contributed by atoms with Crippen LogP contribution >= 0.6 is 0 Å². The molecule has 2 atom stereocenters. The number of benzene rings is 2. The lowest BCUT2D eigenvalue weighted by Crippen LogP contribution is -2.46. The second-order valence-electron chi connectivity index (χ2n) is 13.1. The summed E-state index contributed by atoms with van der Waals surface area (Å²) in [6.45, 7) is 13.7. The number of carbonyl (C=O) groups is 8. The molecule has 2 N–H and O–H groups in total. The normalized spacial score (nSPS) is 14.5. The molecular formula is C38H42N4O11. The van der Waals surface area contributed by atoms with E-state index in [0.29, 0.717) is 0 Å². The molecule has 15 nitrogen and oxygen atoms in total. The van der Waals surface area contributed by atoms with Gasteiger partial charge in [-0.1, -0.05) is 40.9 Å². The van der Waals surface area contributed by atoms with Crippen LogP contribution in [0.2, 0.25) is 0 Å². The zero-order valence-electron chi connectivity index (χ0n) is 30.0. The number of rotatable bonds is 18. The van der Waals surface area contributed by atoms with E-state index in [-0.39, 0.29) is 84.7 Å². The molecule has 0 spiro atoms. The van der Waals surface area contributed by atoms with Crippen LogP contribution in [-0.4, -0.2) is 95.6 Å². The van der Waals surface area contributed by atoms with Crippen molar-refractivity contribution in [3.8, 4) is 11.5 Å². The Kier molecular flexibility index (Phi) is 13.0. The number of esters is 2. The summed E-state index contributed by atoms with van der Waals surface area (Å²) in [6, 6.07) is 5.92. The maximum Gasteiger partial charge on any atom is 0.329 e. The average Bonchev–Trinajstić information content (AvgIpc) is 3.51. The molecule has 2 aliphatic rings. The number of carbonyl (C=O) groups excluding carboxylic acids is 8. The Labute approximate surface area is 306 Å². The van der Waals surface area contributed by atoms with E-state index in [4.69, 9.17) is 14.2 Å². The molecule has 0 bridgehead atoms. The van der Waals surface area contributed by atoms with E-state index in [1.165, 1.54) is 36.4 Å². The molecule has 2 aliphatic heterocycles. The Morgan fingerprint density at radius 3 is 1.32 bits per heavy atom. The van der Waals surface area contributed by atoms with Crippen LogP contribution in [0.15, 0.2) is 61.7 Å². The summed E-state index contributed by atoms with van der Waals surface area (Å²) in [5.41, 5.74) is 0.0901. The molecule has 0 saturated heterocycles. The van der Waals surface area contributed by atoms with Crippen molar-refractivity contribution < 1.29 is 52.6 Å². The van der Waals surface area contributed by atoms with Gasteiger partial charge in [0.2, 0.25) is 11.8 Å². The van der Waals surface area contributed by atoms with E-state index >= 15 is 0 Å². The van der Waals surface area contributed by atoms with Crippen LogP contribution in [0, 0.1) is 11.8 Å². The first-order valence-corrected chi connectivity index (χ1v) is 17.0. The van der Waals surface area contributed by atoms with Crippen LogP contribution in [0.1, 0.15) is 82.0 Å². The maximum atomic E-state index is 13.6. The fraction of sp³-hybridized carbons (Fsp3) is 0.368. The van der Waals surface area contributed by atoms with E-state index in [1.807, 2.05) is 27.7 Å².